The highest BCUT2D eigenvalue weighted by Crippen LogP contribution is 2.37. The van der Waals surface area contributed by atoms with Crippen LogP contribution in [0.1, 0.15) is 56.5 Å². The van der Waals surface area contributed by atoms with Crippen LogP contribution in [0.25, 0.3) is 0 Å². The molecule has 2 heterocycles. The zero-order valence-corrected chi connectivity index (χ0v) is 22.3. The molecule has 1 saturated heterocycles. The van der Waals surface area contributed by atoms with E-state index in [4.69, 9.17) is 5.73 Å². The molecule has 2 aromatic rings. The third kappa shape index (κ3) is 5.78. The molecule has 5 atom stereocenters. The lowest BCUT2D eigenvalue weighted by Gasteiger charge is -2.33. The molecule has 1 aliphatic carbocycles. The summed E-state index contributed by atoms with van der Waals surface area (Å²) in [6, 6.07) is 7.33. The van der Waals surface area contributed by atoms with Crippen molar-refractivity contribution < 1.29 is 14.0 Å². The third-order valence-corrected chi connectivity index (χ3v) is 7.93. The van der Waals surface area contributed by atoms with Gasteiger partial charge in [-0.25, -0.2) is 9.49 Å². The van der Waals surface area contributed by atoms with Crippen LogP contribution < -0.4 is 16.6 Å². The fourth-order valence-electron chi connectivity index (χ4n) is 5.61. The molecule has 1 aromatic carbocycles. The number of carbonyl (C=O) groups is 2. The lowest BCUT2D eigenvalue weighted by Crippen LogP contribution is -2.49. The Labute approximate surface area is 222 Å². The number of hydrogen-bond acceptors (Lipinski definition) is 5. The summed E-state index contributed by atoms with van der Waals surface area (Å²) in [6.45, 7) is 7.51. The van der Waals surface area contributed by atoms with E-state index in [0.29, 0.717) is 30.4 Å². The number of benzene rings is 1. The van der Waals surface area contributed by atoms with E-state index in [1.54, 1.807) is 23.1 Å². The molecule has 4 rings (SSSR count). The van der Waals surface area contributed by atoms with E-state index >= 15 is 0 Å². The van der Waals surface area contributed by atoms with Crippen LogP contribution in [0.3, 0.4) is 0 Å². The number of nitrogens with one attached hydrogen (secondary N) is 2. The van der Waals surface area contributed by atoms with E-state index in [9.17, 15) is 18.8 Å². The molecule has 0 radical (unpaired) electrons. The first-order chi connectivity index (χ1) is 18.1. The van der Waals surface area contributed by atoms with Crippen LogP contribution in [0.4, 0.5) is 4.39 Å². The molecule has 1 aliphatic heterocycles. The molecular formula is C29H36FN5O3. The van der Waals surface area contributed by atoms with E-state index < -0.39 is 0 Å². The summed E-state index contributed by atoms with van der Waals surface area (Å²) in [5, 5.41) is 9.24. The predicted octanol–water partition coefficient (Wildman–Crippen LogP) is 3.09. The Morgan fingerprint density at radius 1 is 1.21 bits per heavy atom. The van der Waals surface area contributed by atoms with Crippen molar-refractivity contribution in [2.45, 2.75) is 65.1 Å². The Morgan fingerprint density at radius 3 is 2.68 bits per heavy atom. The topological polar surface area (TPSA) is 121 Å². The van der Waals surface area contributed by atoms with E-state index in [-0.39, 0.29) is 59.7 Å². The normalized spacial score (nSPS) is 24.0. The quantitative estimate of drug-likeness (QED) is 0.517. The number of carbonyl (C=O) groups excluding carboxylic acids is 2. The summed E-state index contributed by atoms with van der Waals surface area (Å²) in [7, 11) is 0. The van der Waals surface area contributed by atoms with E-state index in [1.165, 1.54) is 12.1 Å². The van der Waals surface area contributed by atoms with Crippen LogP contribution in [-0.2, 0) is 16.0 Å². The van der Waals surface area contributed by atoms with Crippen molar-refractivity contribution in [1.29, 1.82) is 0 Å². The molecule has 1 aromatic heterocycles. The maximum Gasteiger partial charge on any atom is 0.267 e. The first kappa shape index (κ1) is 27.4. The zero-order valence-electron chi connectivity index (χ0n) is 22.3. The number of likely N-dealkylation sites (tertiary alicyclic amines) is 1. The van der Waals surface area contributed by atoms with Gasteiger partial charge in [0.2, 0.25) is 11.8 Å². The maximum absolute atomic E-state index is 13.9. The molecule has 0 spiro atoms. The van der Waals surface area contributed by atoms with Crippen molar-refractivity contribution in [3.05, 3.63) is 86.6 Å². The summed E-state index contributed by atoms with van der Waals surface area (Å²) >= 11 is 0. The lowest BCUT2D eigenvalue weighted by molar-refractivity contribution is -0.135. The van der Waals surface area contributed by atoms with Gasteiger partial charge in [-0.3, -0.25) is 14.4 Å². The van der Waals surface area contributed by atoms with Gasteiger partial charge < -0.3 is 16.0 Å². The summed E-state index contributed by atoms with van der Waals surface area (Å²) in [6.07, 6.45) is 5.54. The van der Waals surface area contributed by atoms with Crippen molar-refractivity contribution in [2.24, 2.45) is 17.6 Å². The molecule has 0 bridgehead atoms. The smallest absolute Gasteiger partial charge is 0.267 e. The number of aromatic nitrogens is 2. The van der Waals surface area contributed by atoms with Gasteiger partial charge in [0.1, 0.15) is 5.82 Å². The van der Waals surface area contributed by atoms with Gasteiger partial charge in [-0.15, -0.1) is 0 Å². The molecule has 1 fully saturated rings. The first-order valence-corrected chi connectivity index (χ1v) is 13.1. The van der Waals surface area contributed by atoms with Crippen LogP contribution in [0.2, 0.25) is 0 Å². The summed E-state index contributed by atoms with van der Waals surface area (Å²) in [5.74, 6) is -0.966. The minimum absolute atomic E-state index is 0.0303. The van der Waals surface area contributed by atoms with Gasteiger partial charge in [-0.05, 0) is 68.7 Å². The highest BCUT2D eigenvalue weighted by atomic mass is 19.1. The summed E-state index contributed by atoms with van der Waals surface area (Å²) in [4.78, 5) is 40.4. The highest BCUT2D eigenvalue weighted by molar-refractivity contribution is 5.97. The predicted molar refractivity (Wildman–Crippen MR) is 143 cm³/mol. The molecule has 4 N–H and O–H groups in total. The van der Waals surface area contributed by atoms with E-state index in [1.807, 2.05) is 39.8 Å². The number of aromatic amines is 1. The van der Waals surface area contributed by atoms with Crippen LogP contribution in [0.5, 0.6) is 0 Å². The Hall–Kier alpha value is -3.59. The monoisotopic (exact) mass is 521 g/mol. The van der Waals surface area contributed by atoms with Crippen molar-refractivity contribution in [3.8, 4) is 0 Å². The Kier molecular flexibility index (Phi) is 8.26. The van der Waals surface area contributed by atoms with Crippen LogP contribution >= 0.6 is 0 Å². The van der Waals surface area contributed by atoms with Crippen molar-refractivity contribution >= 4 is 11.8 Å². The molecule has 0 saturated carbocycles. The molecular weight excluding hydrogens is 485 g/mol. The van der Waals surface area contributed by atoms with Gasteiger partial charge in [0, 0.05) is 23.2 Å². The second kappa shape index (κ2) is 11.4. The standard InChI is InChI=1S/C29H36FN5O3/c1-16-12-22(28(37)34-33-16)13-20-8-9-24(18(3)17(20)2)29(38)32-15-27(36)35-25(19(4)31)10-11-26(35)21-6-5-7-23(30)14-21/h5-9,12,14,17-19,25-26H,10-11,13,15,31H2,1-4H3,(H,32,38)(H,34,37)/t17?,18?,19-,25+,26-/m0/s1. The van der Waals surface area contributed by atoms with Gasteiger partial charge in [0.25, 0.3) is 5.56 Å². The minimum Gasteiger partial charge on any atom is -0.343 e. The van der Waals surface area contributed by atoms with Crippen LogP contribution in [-0.4, -0.2) is 45.5 Å². The number of nitrogens with zero attached hydrogens (tertiary/aromatic N) is 2. The molecule has 9 heteroatoms. The van der Waals surface area contributed by atoms with Crippen molar-refractivity contribution in [2.75, 3.05) is 6.54 Å². The van der Waals surface area contributed by atoms with Crippen molar-refractivity contribution in [3.63, 3.8) is 0 Å². The number of nitrogens with two attached hydrogens (primary N) is 1. The van der Waals surface area contributed by atoms with Gasteiger partial charge in [-0.1, -0.05) is 43.7 Å². The maximum atomic E-state index is 13.9. The lowest BCUT2D eigenvalue weighted by atomic mass is 9.77. The van der Waals surface area contributed by atoms with Gasteiger partial charge in [0.15, 0.2) is 0 Å². The number of rotatable bonds is 7. The largest absolute Gasteiger partial charge is 0.343 e. The SMILES string of the molecule is Cc1cc(CC2=CC=C(C(=O)NCC(=O)N3[C@@H]([C@H](C)N)CC[C@H]3c3cccc(F)c3)C(C)C2C)c(=O)[nH]n1. The highest BCUT2D eigenvalue weighted by Gasteiger charge is 2.39. The first-order valence-electron chi connectivity index (χ1n) is 13.1. The van der Waals surface area contributed by atoms with Crippen molar-refractivity contribution in [1.82, 2.24) is 20.4 Å². The molecule has 202 valence electrons. The molecule has 38 heavy (non-hydrogen) atoms. The number of amides is 2. The summed E-state index contributed by atoms with van der Waals surface area (Å²) in [5.41, 5.74) is 9.71. The van der Waals surface area contributed by atoms with Crippen LogP contribution in [0.15, 0.2) is 58.4 Å². The van der Waals surface area contributed by atoms with E-state index in [0.717, 1.165) is 16.8 Å². The summed E-state index contributed by atoms with van der Waals surface area (Å²) < 4.78 is 13.9. The second-order valence-corrected chi connectivity index (χ2v) is 10.5. The Morgan fingerprint density at radius 2 is 1.97 bits per heavy atom. The fraction of sp³-hybridized carbons (Fsp3) is 0.448. The zero-order chi connectivity index (χ0) is 27.6. The molecule has 8 nitrogen and oxygen atoms in total. The fourth-order valence-corrected chi connectivity index (χ4v) is 5.61. The van der Waals surface area contributed by atoms with E-state index in [2.05, 4.69) is 15.5 Å². The number of allylic oxidation sites excluding steroid dienone is 3. The minimum atomic E-state index is -0.351. The third-order valence-electron chi connectivity index (χ3n) is 7.93. The average molecular weight is 522 g/mol. The molecule has 2 unspecified atom stereocenters. The van der Waals surface area contributed by atoms with Gasteiger partial charge >= 0.3 is 0 Å². The number of aryl methyl sites for hydroxylation is 1. The Bertz CT molecular complexity index is 1330. The molecule has 2 aliphatic rings. The van der Waals surface area contributed by atoms with Gasteiger partial charge in [0.05, 0.1) is 18.3 Å². The number of hydrogen-bond donors (Lipinski definition) is 3. The molecule has 2 amide bonds. The number of halogens is 1. The number of H-pyrrole nitrogens is 1. The van der Waals surface area contributed by atoms with Crippen LogP contribution in [0, 0.1) is 24.6 Å². The average Bonchev–Trinajstić information content (AvgIpc) is 3.33. The second-order valence-electron chi connectivity index (χ2n) is 10.5. The Balaban J connectivity index is 1.46. The van der Waals surface area contributed by atoms with Gasteiger partial charge in [-0.2, -0.15) is 5.10 Å².